The molecule has 6 heteroatoms. The minimum atomic E-state index is -0.870. The van der Waals surface area contributed by atoms with Gasteiger partial charge in [-0.1, -0.05) is 0 Å². The molecule has 2 saturated heterocycles. The van der Waals surface area contributed by atoms with E-state index in [0.717, 1.165) is 32.3 Å². The van der Waals surface area contributed by atoms with Gasteiger partial charge in [0.2, 0.25) is 5.91 Å². The quantitative estimate of drug-likeness (QED) is 0.803. The Bertz CT molecular complexity index is 367. The van der Waals surface area contributed by atoms with E-state index in [2.05, 4.69) is 0 Å². The van der Waals surface area contributed by atoms with Gasteiger partial charge in [-0.3, -0.25) is 9.59 Å². The molecule has 0 aliphatic carbocycles. The first-order valence-corrected chi connectivity index (χ1v) is 7.75. The van der Waals surface area contributed by atoms with Crippen molar-refractivity contribution in [1.29, 1.82) is 0 Å². The Morgan fingerprint density at radius 3 is 2.81 bits per heavy atom. The van der Waals surface area contributed by atoms with Crippen LogP contribution in [0.15, 0.2) is 0 Å². The summed E-state index contributed by atoms with van der Waals surface area (Å²) in [5.74, 6) is -0.847. The molecule has 2 fully saturated rings. The predicted octanol–water partition coefficient (Wildman–Crippen LogP) is 1.43. The number of aliphatic carboxylic acids is 1. The second-order valence-corrected chi connectivity index (χ2v) is 5.92. The van der Waals surface area contributed by atoms with Gasteiger partial charge in [0.25, 0.3) is 0 Å². The van der Waals surface area contributed by atoms with Crippen molar-refractivity contribution >= 4 is 11.9 Å². The van der Waals surface area contributed by atoms with E-state index >= 15 is 0 Å². The summed E-state index contributed by atoms with van der Waals surface area (Å²) in [7, 11) is 1.60. The molecule has 2 rings (SSSR count). The summed E-state index contributed by atoms with van der Waals surface area (Å²) in [6, 6.07) is -0.243. The Balaban J connectivity index is 1.84. The number of carbonyl (C=O) groups excluding carboxylic acids is 1. The first-order valence-electron chi connectivity index (χ1n) is 7.75. The van der Waals surface area contributed by atoms with Gasteiger partial charge < -0.3 is 19.5 Å². The van der Waals surface area contributed by atoms with Crippen molar-refractivity contribution in [3.63, 3.8) is 0 Å². The standard InChI is InChI=1S/C15H25NO5/c1-20-13-8-11(9-15(18)19)16(10-13)14(17)6-5-12-4-2-3-7-21-12/h11-13H,2-10H2,1H3,(H,18,19). The average molecular weight is 299 g/mol. The Hall–Kier alpha value is -1.14. The lowest BCUT2D eigenvalue weighted by Crippen LogP contribution is -2.37. The van der Waals surface area contributed by atoms with Crippen LogP contribution >= 0.6 is 0 Å². The first kappa shape index (κ1) is 16.2. The molecule has 0 spiro atoms. The summed E-state index contributed by atoms with van der Waals surface area (Å²) < 4.78 is 10.9. The van der Waals surface area contributed by atoms with Crippen LogP contribution in [0.1, 0.15) is 44.9 Å². The summed E-state index contributed by atoms with van der Waals surface area (Å²) in [5, 5.41) is 8.97. The van der Waals surface area contributed by atoms with E-state index in [0.29, 0.717) is 19.4 Å². The smallest absolute Gasteiger partial charge is 0.305 e. The molecule has 21 heavy (non-hydrogen) atoms. The summed E-state index contributed by atoms with van der Waals surface area (Å²) in [6.07, 6.45) is 5.17. The van der Waals surface area contributed by atoms with Crippen LogP contribution in [0.4, 0.5) is 0 Å². The lowest BCUT2D eigenvalue weighted by molar-refractivity contribution is -0.140. The van der Waals surface area contributed by atoms with Crippen molar-refractivity contribution in [1.82, 2.24) is 4.90 Å². The number of likely N-dealkylation sites (tertiary alicyclic amines) is 1. The zero-order valence-electron chi connectivity index (χ0n) is 12.6. The fraction of sp³-hybridized carbons (Fsp3) is 0.867. The van der Waals surface area contributed by atoms with Crippen LogP contribution in [0, 0.1) is 0 Å². The number of amides is 1. The average Bonchev–Trinajstić information content (AvgIpc) is 2.88. The molecule has 2 heterocycles. The first-order chi connectivity index (χ1) is 10.1. The van der Waals surface area contributed by atoms with Crippen molar-refractivity contribution in [2.24, 2.45) is 0 Å². The molecule has 0 aromatic heterocycles. The molecule has 3 atom stereocenters. The van der Waals surface area contributed by atoms with Gasteiger partial charge in [-0.2, -0.15) is 0 Å². The normalized spacial score (nSPS) is 29.6. The van der Waals surface area contributed by atoms with Crippen LogP contribution in [0.5, 0.6) is 0 Å². The van der Waals surface area contributed by atoms with Gasteiger partial charge in [0.1, 0.15) is 0 Å². The zero-order chi connectivity index (χ0) is 15.2. The molecule has 0 bridgehead atoms. The third-order valence-corrected chi connectivity index (χ3v) is 4.39. The van der Waals surface area contributed by atoms with E-state index in [1.807, 2.05) is 0 Å². The maximum absolute atomic E-state index is 12.4. The monoisotopic (exact) mass is 299 g/mol. The van der Waals surface area contributed by atoms with Gasteiger partial charge >= 0.3 is 5.97 Å². The van der Waals surface area contributed by atoms with Gasteiger partial charge in [0.15, 0.2) is 0 Å². The highest BCUT2D eigenvalue weighted by Gasteiger charge is 2.36. The van der Waals surface area contributed by atoms with Crippen LogP contribution < -0.4 is 0 Å². The summed E-state index contributed by atoms with van der Waals surface area (Å²) >= 11 is 0. The zero-order valence-corrected chi connectivity index (χ0v) is 12.6. The fourth-order valence-corrected chi connectivity index (χ4v) is 3.21. The van der Waals surface area contributed by atoms with Crippen LogP contribution in [-0.2, 0) is 19.1 Å². The maximum atomic E-state index is 12.4. The number of hydrogen-bond acceptors (Lipinski definition) is 4. The third-order valence-electron chi connectivity index (χ3n) is 4.39. The van der Waals surface area contributed by atoms with Gasteiger partial charge in [-0.25, -0.2) is 0 Å². The van der Waals surface area contributed by atoms with Gasteiger partial charge in [0.05, 0.1) is 18.6 Å². The number of rotatable bonds is 6. The van der Waals surface area contributed by atoms with Crippen molar-refractivity contribution in [3.05, 3.63) is 0 Å². The van der Waals surface area contributed by atoms with Gasteiger partial charge in [-0.05, 0) is 32.1 Å². The number of carboxylic acid groups (broad SMARTS) is 1. The number of carboxylic acids is 1. The highest BCUT2D eigenvalue weighted by Crippen LogP contribution is 2.25. The number of carbonyl (C=O) groups is 2. The van der Waals surface area contributed by atoms with Crippen molar-refractivity contribution in [3.8, 4) is 0 Å². The van der Waals surface area contributed by atoms with Gasteiger partial charge in [-0.15, -0.1) is 0 Å². The molecule has 2 aliphatic rings. The Kier molecular flexibility index (Phi) is 5.99. The van der Waals surface area contributed by atoms with E-state index in [9.17, 15) is 9.59 Å². The highest BCUT2D eigenvalue weighted by atomic mass is 16.5. The summed E-state index contributed by atoms with van der Waals surface area (Å²) in [4.78, 5) is 25.0. The molecular weight excluding hydrogens is 274 g/mol. The second kappa shape index (κ2) is 7.75. The van der Waals surface area contributed by atoms with E-state index in [1.165, 1.54) is 0 Å². The molecule has 120 valence electrons. The fourth-order valence-electron chi connectivity index (χ4n) is 3.21. The highest BCUT2D eigenvalue weighted by molar-refractivity contribution is 5.78. The second-order valence-electron chi connectivity index (χ2n) is 5.92. The predicted molar refractivity (Wildman–Crippen MR) is 76.0 cm³/mol. The SMILES string of the molecule is COC1CC(CC(=O)O)N(C(=O)CCC2CCCCO2)C1. The van der Waals surface area contributed by atoms with Gasteiger partial charge in [0, 0.05) is 32.7 Å². The minimum Gasteiger partial charge on any atom is -0.481 e. The van der Waals surface area contributed by atoms with E-state index < -0.39 is 5.97 Å². The third kappa shape index (κ3) is 4.68. The molecule has 0 radical (unpaired) electrons. The molecule has 0 aromatic carbocycles. The van der Waals surface area contributed by atoms with Crippen molar-refractivity contribution in [2.75, 3.05) is 20.3 Å². The number of hydrogen-bond donors (Lipinski definition) is 1. The molecule has 0 saturated carbocycles. The molecule has 2 aliphatic heterocycles. The van der Waals surface area contributed by atoms with Crippen molar-refractivity contribution < 1.29 is 24.2 Å². The Morgan fingerprint density at radius 2 is 2.19 bits per heavy atom. The van der Waals surface area contributed by atoms with E-state index in [-0.39, 0.29) is 30.6 Å². The van der Waals surface area contributed by atoms with Crippen LogP contribution in [0.25, 0.3) is 0 Å². The summed E-state index contributed by atoms with van der Waals surface area (Å²) in [6.45, 7) is 1.29. The van der Waals surface area contributed by atoms with Crippen molar-refractivity contribution in [2.45, 2.75) is 63.2 Å². The molecule has 0 aromatic rings. The number of nitrogens with zero attached hydrogens (tertiary/aromatic N) is 1. The number of ether oxygens (including phenoxy) is 2. The van der Waals surface area contributed by atoms with E-state index in [1.54, 1.807) is 12.0 Å². The molecule has 6 nitrogen and oxygen atoms in total. The maximum Gasteiger partial charge on any atom is 0.305 e. The summed E-state index contributed by atoms with van der Waals surface area (Å²) in [5.41, 5.74) is 0. The molecule has 3 unspecified atom stereocenters. The Morgan fingerprint density at radius 1 is 1.38 bits per heavy atom. The lowest BCUT2D eigenvalue weighted by atomic mass is 10.0. The molecular formula is C15H25NO5. The number of methoxy groups -OCH3 is 1. The van der Waals surface area contributed by atoms with Crippen LogP contribution in [0.2, 0.25) is 0 Å². The molecule has 1 N–H and O–H groups in total. The van der Waals surface area contributed by atoms with Crippen LogP contribution in [0.3, 0.4) is 0 Å². The van der Waals surface area contributed by atoms with Crippen LogP contribution in [-0.4, -0.2) is 60.4 Å². The largest absolute Gasteiger partial charge is 0.481 e. The Labute approximate surface area is 125 Å². The van der Waals surface area contributed by atoms with E-state index in [4.69, 9.17) is 14.6 Å². The minimum absolute atomic E-state index is 0.00840. The lowest BCUT2D eigenvalue weighted by Gasteiger charge is -2.26. The topological polar surface area (TPSA) is 76.1 Å². The molecule has 1 amide bonds.